The number of carbonyl (C=O) groups is 1. The van der Waals surface area contributed by atoms with Crippen molar-refractivity contribution >= 4 is 16.8 Å². The van der Waals surface area contributed by atoms with E-state index in [0.717, 1.165) is 66.9 Å². The lowest BCUT2D eigenvalue weighted by atomic mass is 10.0. The first-order valence-electron chi connectivity index (χ1n) is 10.4. The first kappa shape index (κ1) is 20.3. The molecule has 158 valence electrons. The molecule has 1 fully saturated rings. The van der Waals surface area contributed by atoms with Gasteiger partial charge in [0.05, 0.1) is 14.2 Å². The van der Waals surface area contributed by atoms with Crippen molar-refractivity contribution in [3.05, 3.63) is 59.8 Å². The molecule has 6 heteroatoms. The molecule has 1 saturated heterocycles. The molecule has 0 bridgehead atoms. The molecule has 0 atom stereocenters. The number of nitrogens with two attached hydrogens (primary N) is 1. The first-order valence-corrected chi connectivity index (χ1v) is 10.4. The molecule has 4 rings (SSSR count). The van der Waals surface area contributed by atoms with Crippen molar-refractivity contribution in [2.75, 3.05) is 33.9 Å². The maximum atomic E-state index is 11.6. The molecule has 1 aliphatic heterocycles. The maximum Gasteiger partial charge on any atom is 0.248 e. The van der Waals surface area contributed by atoms with Crippen LogP contribution in [0, 0.1) is 0 Å². The van der Waals surface area contributed by atoms with Gasteiger partial charge in [-0.15, -0.1) is 0 Å². The number of carbonyl (C=O) groups excluding carboxylic acids is 1. The number of piperidine rings is 1. The molecule has 0 radical (unpaired) electrons. The number of rotatable bonds is 7. The van der Waals surface area contributed by atoms with Crippen LogP contribution < -0.4 is 15.2 Å². The van der Waals surface area contributed by atoms with E-state index in [-0.39, 0.29) is 5.91 Å². The number of hydrogen-bond acceptors (Lipinski definition) is 4. The summed E-state index contributed by atoms with van der Waals surface area (Å²) in [5.41, 5.74) is 8.24. The van der Waals surface area contributed by atoms with Crippen molar-refractivity contribution in [1.29, 1.82) is 0 Å². The van der Waals surface area contributed by atoms with Gasteiger partial charge in [-0.1, -0.05) is 12.1 Å². The number of ether oxygens (including phenoxy) is 2. The number of amides is 1. The van der Waals surface area contributed by atoms with E-state index in [1.807, 2.05) is 30.3 Å². The summed E-state index contributed by atoms with van der Waals surface area (Å²) in [5.74, 6) is 1.38. The molecule has 2 aromatic carbocycles. The minimum absolute atomic E-state index is 0.383. The summed E-state index contributed by atoms with van der Waals surface area (Å²) in [5, 5.41) is 1.14. The van der Waals surface area contributed by atoms with E-state index in [1.165, 1.54) is 0 Å². The number of aromatic nitrogens is 1. The molecule has 2 heterocycles. The van der Waals surface area contributed by atoms with E-state index in [9.17, 15) is 4.79 Å². The molecule has 0 aliphatic carbocycles. The molecule has 0 spiro atoms. The number of nitrogens with zero attached hydrogens (tertiary/aromatic N) is 2. The lowest BCUT2D eigenvalue weighted by Gasteiger charge is -2.33. The van der Waals surface area contributed by atoms with Gasteiger partial charge >= 0.3 is 0 Å². The minimum atomic E-state index is -0.383. The van der Waals surface area contributed by atoms with Gasteiger partial charge in [0.25, 0.3) is 0 Å². The fourth-order valence-electron chi connectivity index (χ4n) is 4.49. The van der Waals surface area contributed by atoms with Gasteiger partial charge in [0.1, 0.15) is 11.5 Å². The fraction of sp³-hybridized carbons (Fsp3) is 0.375. The summed E-state index contributed by atoms with van der Waals surface area (Å²) in [7, 11) is 3.41. The van der Waals surface area contributed by atoms with Crippen LogP contribution in [0.4, 0.5) is 0 Å². The normalized spacial score (nSPS) is 15.4. The SMILES string of the molecule is COc1cccc(OC)c1CCN1CCC(n2ccc3ccc(C(N)=O)cc32)CC1. The molecule has 6 nitrogen and oxygen atoms in total. The summed E-state index contributed by atoms with van der Waals surface area (Å²) in [6, 6.07) is 14.2. The van der Waals surface area contributed by atoms with Crippen molar-refractivity contribution < 1.29 is 14.3 Å². The Hall–Kier alpha value is -2.99. The standard InChI is InChI=1S/C24H29N3O3/c1-29-22-4-3-5-23(30-2)20(22)11-14-26-12-9-19(10-13-26)27-15-8-17-6-7-18(24(25)28)16-21(17)27/h3-8,15-16,19H,9-14H2,1-2H3,(H2,25,28). The van der Waals surface area contributed by atoms with Crippen LogP contribution in [0.25, 0.3) is 10.9 Å². The second kappa shape index (κ2) is 8.79. The summed E-state index contributed by atoms with van der Waals surface area (Å²) in [4.78, 5) is 14.1. The Labute approximate surface area is 177 Å². The Morgan fingerprint density at radius 3 is 2.40 bits per heavy atom. The highest BCUT2D eigenvalue weighted by molar-refractivity contribution is 5.97. The molecular formula is C24H29N3O3. The van der Waals surface area contributed by atoms with E-state index >= 15 is 0 Å². The second-order valence-electron chi connectivity index (χ2n) is 7.82. The minimum Gasteiger partial charge on any atom is -0.496 e. The third-order valence-corrected chi connectivity index (χ3v) is 6.17. The maximum absolute atomic E-state index is 11.6. The number of hydrogen-bond donors (Lipinski definition) is 1. The molecule has 1 aromatic heterocycles. The van der Waals surface area contributed by atoms with Crippen molar-refractivity contribution in [1.82, 2.24) is 9.47 Å². The zero-order chi connectivity index (χ0) is 21.1. The van der Waals surface area contributed by atoms with Gasteiger partial charge in [0.2, 0.25) is 5.91 Å². The number of likely N-dealkylation sites (tertiary alicyclic amines) is 1. The highest BCUT2D eigenvalue weighted by Gasteiger charge is 2.22. The second-order valence-corrected chi connectivity index (χ2v) is 7.82. The van der Waals surface area contributed by atoms with Gasteiger partial charge < -0.3 is 24.7 Å². The Balaban J connectivity index is 1.41. The van der Waals surface area contributed by atoms with Gasteiger partial charge in [0, 0.05) is 48.5 Å². The quantitative estimate of drug-likeness (QED) is 0.649. The van der Waals surface area contributed by atoms with Gasteiger partial charge in [-0.25, -0.2) is 0 Å². The molecule has 1 aliphatic rings. The number of fused-ring (bicyclic) bond motifs is 1. The number of benzene rings is 2. The topological polar surface area (TPSA) is 69.7 Å². The van der Waals surface area contributed by atoms with Gasteiger partial charge in [-0.05, 0) is 55.0 Å². The first-order chi connectivity index (χ1) is 14.6. The third kappa shape index (κ3) is 4.00. The molecular weight excluding hydrogens is 378 g/mol. The highest BCUT2D eigenvalue weighted by Crippen LogP contribution is 2.31. The summed E-state index contributed by atoms with van der Waals surface area (Å²) in [6.07, 6.45) is 5.18. The van der Waals surface area contributed by atoms with Crippen LogP contribution in [0.5, 0.6) is 11.5 Å². The molecule has 3 aromatic rings. The van der Waals surface area contributed by atoms with Crippen molar-refractivity contribution in [3.63, 3.8) is 0 Å². The van der Waals surface area contributed by atoms with E-state index in [0.29, 0.717) is 11.6 Å². The molecule has 1 amide bonds. The van der Waals surface area contributed by atoms with Crippen LogP contribution >= 0.6 is 0 Å². The zero-order valence-corrected chi connectivity index (χ0v) is 17.6. The Bertz CT molecular complexity index is 1010. The van der Waals surface area contributed by atoms with E-state index in [2.05, 4.69) is 21.7 Å². The van der Waals surface area contributed by atoms with Crippen molar-refractivity contribution in [2.45, 2.75) is 25.3 Å². The average Bonchev–Trinajstić information content (AvgIpc) is 3.21. The fourth-order valence-corrected chi connectivity index (χ4v) is 4.49. The van der Waals surface area contributed by atoms with Gasteiger partial charge in [-0.3, -0.25) is 4.79 Å². The van der Waals surface area contributed by atoms with Crippen LogP contribution in [0.1, 0.15) is 34.8 Å². The van der Waals surface area contributed by atoms with Crippen LogP contribution in [0.15, 0.2) is 48.7 Å². The van der Waals surface area contributed by atoms with E-state index in [4.69, 9.17) is 15.2 Å². The smallest absolute Gasteiger partial charge is 0.248 e. The van der Waals surface area contributed by atoms with E-state index < -0.39 is 0 Å². The summed E-state index contributed by atoms with van der Waals surface area (Å²) in [6.45, 7) is 3.05. The van der Waals surface area contributed by atoms with Gasteiger partial charge in [0.15, 0.2) is 0 Å². The van der Waals surface area contributed by atoms with Crippen LogP contribution in [-0.2, 0) is 6.42 Å². The number of methoxy groups -OCH3 is 2. The average molecular weight is 408 g/mol. The van der Waals surface area contributed by atoms with Crippen LogP contribution in [0.2, 0.25) is 0 Å². The van der Waals surface area contributed by atoms with Gasteiger partial charge in [-0.2, -0.15) is 0 Å². The Kier molecular flexibility index (Phi) is 5.95. The Morgan fingerprint density at radius 2 is 1.77 bits per heavy atom. The lowest BCUT2D eigenvalue weighted by Crippen LogP contribution is -2.35. The number of primary amides is 1. The molecule has 2 N–H and O–H groups in total. The Morgan fingerprint density at radius 1 is 1.07 bits per heavy atom. The summed E-state index contributed by atoms with van der Waals surface area (Å²) < 4.78 is 13.4. The third-order valence-electron chi connectivity index (χ3n) is 6.17. The van der Waals surface area contributed by atoms with Crippen molar-refractivity contribution in [3.8, 4) is 11.5 Å². The summed E-state index contributed by atoms with van der Waals surface area (Å²) >= 11 is 0. The van der Waals surface area contributed by atoms with Crippen LogP contribution in [-0.4, -0.2) is 49.2 Å². The monoisotopic (exact) mass is 407 g/mol. The van der Waals surface area contributed by atoms with Crippen LogP contribution in [0.3, 0.4) is 0 Å². The lowest BCUT2D eigenvalue weighted by molar-refractivity contribution is 0.100. The molecule has 0 unspecified atom stereocenters. The molecule has 30 heavy (non-hydrogen) atoms. The highest BCUT2D eigenvalue weighted by atomic mass is 16.5. The van der Waals surface area contributed by atoms with E-state index in [1.54, 1.807) is 20.3 Å². The van der Waals surface area contributed by atoms with Crippen molar-refractivity contribution in [2.24, 2.45) is 5.73 Å². The zero-order valence-electron chi connectivity index (χ0n) is 17.6. The predicted octanol–water partition coefficient (Wildman–Crippen LogP) is 3.64. The molecule has 0 saturated carbocycles. The largest absolute Gasteiger partial charge is 0.496 e. The predicted molar refractivity (Wildman–Crippen MR) is 118 cm³/mol.